The summed E-state index contributed by atoms with van der Waals surface area (Å²) in [6.45, 7) is 2.47. The van der Waals surface area contributed by atoms with E-state index in [0.29, 0.717) is 5.41 Å². The number of hydrogen-bond acceptors (Lipinski definition) is 0. The van der Waals surface area contributed by atoms with Crippen LogP contribution >= 0.6 is 0 Å². The van der Waals surface area contributed by atoms with Crippen molar-refractivity contribution in [2.75, 3.05) is 0 Å². The summed E-state index contributed by atoms with van der Waals surface area (Å²) < 4.78 is 0. The van der Waals surface area contributed by atoms with Crippen molar-refractivity contribution >= 4 is 10.8 Å². The van der Waals surface area contributed by atoms with Gasteiger partial charge in [-0.2, -0.15) is 0 Å². The molecule has 0 heteroatoms. The summed E-state index contributed by atoms with van der Waals surface area (Å²) in [6.07, 6.45) is 9.77. The van der Waals surface area contributed by atoms with Crippen LogP contribution in [0.25, 0.3) is 10.8 Å². The molecule has 1 aliphatic rings. The quantitative estimate of drug-likeness (QED) is 0.598. The maximum Gasteiger partial charge on any atom is -0.00750 e. The smallest absolute Gasteiger partial charge is 0.00750 e. The predicted molar refractivity (Wildman–Crippen MR) is 83.6 cm³/mol. The van der Waals surface area contributed by atoms with E-state index in [-0.39, 0.29) is 0 Å². The van der Waals surface area contributed by atoms with Gasteiger partial charge >= 0.3 is 0 Å². The van der Waals surface area contributed by atoms with E-state index in [9.17, 15) is 0 Å². The molecule has 100 valence electrons. The van der Waals surface area contributed by atoms with Gasteiger partial charge in [0.1, 0.15) is 0 Å². The molecule has 3 rings (SSSR count). The Balaban J connectivity index is 1.96. The van der Waals surface area contributed by atoms with E-state index >= 15 is 0 Å². The highest BCUT2D eigenvalue weighted by Gasteiger charge is 2.26. The number of rotatable bonds is 1. The van der Waals surface area contributed by atoms with Gasteiger partial charge in [-0.05, 0) is 34.6 Å². The molecular weight excluding hydrogens is 228 g/mol. The van der Waals surface area contributed by atoms with Gasteiger partial charge in [0, 0.05) is 0 Å². The van der Waals surface area contributed by atoms with Crippen molar-refractivity contribution < 1.29 is 0 Å². The molecule has 0 radical (unpaired) electrons. The predicted octanol–water partition coefficient (Wildman–Crippen LogP) is 5.84. The first-order chi connectivity index (χ1) is 9.28. The lowest BCUT2D eigenvalue weighted by molar-refractivity contribution is 0.341. The van der Waals surface area contributed by atoms with Gasteiger partial charge < -0.3 is 0 Å². The van der Waals surface area contributed by atoms with E-state index in [2.05, 4.69) is 49.4 Å². The lowest BCUT2D eigenvalue weighted by Crippen LogP contribution is -2.23. The topological polar surface area (TPSA) is 0 Å². The highest BCUT2D eigenvalue weighted by Crippen LogP contribution is 2.38. The average Bonchev–Trinajstić information content (AvgIpc) is 2.43. The molecule has 0 bridgehead atoms. The molecular formula is C19H24. The maximum atomic E-state index is 2.47. The minimum absolute atomic E-state index is 0.393. The zero-order valence-electron chi connectivity index (χ0n) is 12.0. The van der Waals surface area contributed by atoms with Crippen LogP contribution in [0.1, 0.15) is 57.4 Å². The molecule has 0 heterocycles. The Kier molecular flexibility index (Phi) is 3.59. The first-order valence-electron chi connectivity index (χ1n) is 7.77. The lowest BCUT2D eigenvalue weighted by atomic mass is 9.72. The van der Waals surface area contributed by atoms with Crippen molar-refractivity contribution in [2.45, 2.75) is 57.3 Å². The van der Waals surface area contributed by atoms with Crippen LogP contribution < -0.4 is 0 Å². The maximum absolute atomic E-state index is 2.47. The van der Waals surface area contributed by atoms with E-state index in [1.807, 2.05) is 0 Å². The van der Waals surface area contributed by atoms with Gasteiger partial charge in [0.25, 0.3) is 0 Å². The summed E-state index contributed by atoms with van der Waals surface area (Å²) in [4.78, 5) is 0. The Morgan fingerprint density at radius 3 is 2.11 bits per heavy atom. The van der Waals surface area contributed by atoms with Crippen molar-refractivity contribution in [3.63, 3.8) is 0 Å². The van der Waals surface area contributed by atoms with Crippen LogP contribution in [0.5, 0.6) is 0 Å². The summed E-state index contributed by atoms with van der Waals surface area (Å²) >= 11 is 0. The fourth-order valence-electron chi connectivity index (χ4n) is 3.54. The monoisotopic (exact) mass is 252 g/mol. The standard InChI is InChI=1S/C19H24/c1-19(13-7-3-2-4-8-14-19)18-12-11-16-9-5-6-10-17(16)15-18/h5-6,9-12,15H,2-4,7-8,13-14H2,1H3. The van der Waals surface area contributed by atoms with Crippen molar-refractivity contribution in [3.05, 3.63) is 48.0 Å². The largest absolute Gasteiger partial charge is 0.0616 e. The van der Waals surface area contributed by atoms with Crippen molar-refractivity contribution in [3.8, 4) is 0 Å². The zero-order chi connectivity index (χ0) is 13.1. The molecule has 0 aliphatic heterocycles. The minimum Gasteiger partial charge on any atom is -0.0616 e. The average molecular weight is 252 g/mol. The molecule has 0 unspecified atom stereocenters. The molecule has 0 nitrogen and oxygen atoms in total. The Morgan fingerprint density at radius 2 is 1.37 bits per heavy atom. The van der Waals surface area contributed by atoms with E-state index < -0.39 is 0 Å². The molecule has 1 aliphatic carbocycles. The van der Waals surface area contributed by atoms with Crippen LogP contribution in [-0.2, 0) is 5.41 Å². The number of benzene rings is 2. The molecule has 0 saturated heterocycles. The molecule has 19 heavy (non-hydrogen) atoms. The Bertz CT molecular complexity index is 545. The third kappa shape index (κ3) is 2.68. The van der Waals surface area contributed by atoms with Crippen molar-refractivity contribution in [1.29, 1.82) is 0 Å². The third-order valence-electron chi connectivity index (χ3n) is 4.90. The first kappa shape index (κ1) is 12.7. The summed E-state index contributed by atoms with van der Waals surface area (Å²) in [7, 11) is 0. The van der Waals surface area contributed by atoms with E-state index in [1.54, 1.807) is 5.56 Å². The Labute approximate surface area is 116 Å². The van der Waals surface area contributed by atoms with Gasteiger partial charge in [-0.25, -0.2) is 0 Å². The molecule has 0 atom stereocenters. The molecule has 0 aromatic heterocycles. The second-order valence-corrected chi connectivity index (χ2v) is 6.39. The van der Waals surface area contributed by atoms with Crippen molar-refractivity contribution in [1.82, 2.24) is 0 Å². The van der Waals surface area contributed by atoms with Gasteiger partial charge in [0.2, 0.25) is 0 Å². The lowest BCUT2D eigenvalue weighted by Gasteiger charge is -2.32. The second-order valence-electron chi connectivity index (χ2n) is 6.39. The fourth-order valence-corrected chi connectivity index (χ4v) is 3.54. The van der Waals surface area contributed by atoms with Gasteiger partial charge in [-0.3, -0.25) is 0 Å². The van der Waals surface area contributed by atoms with Gasteiger partial charge in [0.15, 0.2) is 0 Å². The van der Waals surface area contributed by atoms with Crippen LogP contribution in [0, 0.1) is 0 Å². The molecule has 2 aromatic rings. The van der Waals surface area contributed by atoms with Crippen LogP contribution in [0.2, 0.25) is 0 Å². The Hall–Kier alpha value is -1.30. The van der Waals surface area contributed by atoms with E-state index in [1.165, 1.54) is 55.7 Å². The minimum atomic E-state index is 0.393. The zero-order valence-corrected chi connectivity index (χ0v) is 12.0. The summed E-state index contributed by atoms with van der Waals surface area (Å²) in [6, 6.07) is 15.8. The molecule has 1 saturated carbocycles. The first-order valence-corrected chi connectivity index (χ1v) is 7.77. The number of hydrogen-bond donors (Lipinski definition) is 0. The van der Waals surface area contributed by atoms with Crippen molar-refractivity contribution in [2.24, 2.45) is 0 Å². The van der Waals surface area contributed by atoms with Crippen LogP contribution in [0.4, 0.5) is 0 Å². The molecule has 1 fully saturated rings. The molecule has 2 aromatic carbocycles. The second kappa shape index (κ2) is 5.36. The van der Waals surface area contributed by atoms with Gasteiger partial charge in [-0.15, -0.1) is 0 Å². The summed E-state index contributed by atoms with van der Waals surface area (Å²) in [5.74, 6) is 0. The fraction of sp³-hybridized carbons (Fsp3) is 0.474. The summed E-state index contributed by atoms with van der Waals surface area (Å²) in [5.41, 5.74) is 1.94. The van der Waals surface area contributed by atoms with Gasteiger partial charge in [-0.1, -0.05) is 81.5 Å². The Morgan fingerprint density at radius 1 is 0.737 bits per heavy atom. The third-order valence-corrected chi connectivity index (χ3v) is 4.90. The molecule has 0 N–H and O–H groups in total. The number of fused-ring (bicyclic) bond motifs is 1. The highest BCUT2D eigenvalue weighted by molar-refractivity contribution is 5.83. The van der Waals surface area contributed by atoms with Crippen LogP contribution in [0.3, 0.4) is 0 Å². The SMILES string of the molecule is CC1(c2ccc3ccccc3c2)CCCCCCC1. The highest BCUT2D eigenvalue weighted by atomic mass is 14.3. The normalized spacial score (nSPS) is 19.8. The molecule has 0 spiro atoms. The molecule has 0 amide bonds. The van der Waals surface area contributed by atoms with E-state index in [4.69, 9.17) is 0 Å². The van der Waals surface area contributed by atoms with Crippen LogP contribution in [-0.4, -0.2) is 0 Å². The van der Waals surface area contributed by atoms with Gasteiger partial charge in [0.05, 0.1) is 0 Å². The van der Waals surface area contributed by atoms with Crippen LogP contribution in [0.15, 0.2) is 42.5 Å². The summed E-state index contributed by atoms with van der Waals surface area (Å²) in [5, 5.41) is 2.75. The van der Waals surface area contributed by atoms with E-state index in [0.717, 1.165) is 0 Å².